The van der Waals surface area contributed by atoms with Crippen LogP contribution in [0.15, 0.2) is 48.6 Å². The van der Waals surface area contributed by atoms with Crippen LogP contribution in [0.3, 0.4) is 0 Å². The van der Waals surface area contributed by atoms with Crippen molar-refractivity contribution in [3.8, 4) is 0 Å². The van der Waals surface area contributed by atoms with E-state index in [4.69, 9.17) is 4.74 Å². The molecule has 148 valence electrons. The van der Waals surface area contributed by atoms with Crippen molar-refractivity contribution in [1.82, 2.24) is 0 Å². The lowest BCUT2D eigenvalue weighted by atomic mass is 9.94. The van der Waals surface area contributed by atoms with Gasteiger partial charge in [0, 0.05) is 5.56 Å². The molecule has 2 nitrogen and oxygen atoms in total. The maximum atomic E-state index is 11.5. The van der Waals surface area contributed by atoms with E-state index < -0.39 is 5.60 Å². The van der Waals surface area contributed by atoms with E-state index in [1.54, 1.807) is 6.92 Å². The Morgan fingerprint density at radius 2 is 1.65 bits per heavy atom. The van der Waals surface area contributed by atoms with Crippen molar-refractivity contribution in [1.29, 1.82) is 0 Å². The van der Waals surface area contributed by atoms with Crippen molar-refractivity contribution in [2.75, 3.05) is 6.61 Å². The summed E-state index contributed by atoms with van der Waals surface area (Å²) in [6.45, 7) is 26.4. The van der Waals surface area contributed by atoms with Gasteiger partial charge in [-0.3, -0.25) is 4.79 Å². The number of carbonyl (C=O) groups excluding carboxylic acids is 1. The second-order valence-electron chi connectivity index (χ2n) is 6.66. The molecule has 0 fully saturated rings. The number of hydrogen-bond donors (Lipinski definition) is 0. The molecule has 0 saturated heterocycles. The van der Waals surface area contributed by atoms with Crippen LogP contribution >= 0.6 is 0 Å². The van der Waals surface area contributed by atoms with Crippen LogP contribution in [-0.2, 0) is 10.3 Å². The van der Waals surface area contributed by atoms with Gasteiger partial charge >= 0.3 is 0 Å². The summed E-state index contributed by atoms with van der Waals surface area (Å²) in [6.07, 6.45) is 0.933. The van der Waals surface area contributed by atoms with E-state index >= 15 is 0 Å². The fraction of sp³-hybridized carbons (Fsp3) is 0.542. The SMILES string of the molecule is C=C(C)CC(C)C(=C)COC(C)(C)c1cccc(C(C)=O)c1.CC.CC. The van der Waals surface area contributed by atoms with Crippen LogP contribution in [-0.4, -0.2) is 12.4 Å². The monoisotopic (exact) mass is 360 g/mol. The second-order valence-corrected chi connectivity index (χ2v) is 6.66. The highest BCUT2D eigenvalue weighted by molar-refractivity contribution is 5.94. The highest BCUT2D eigenvalue weighted by Gasteiger charge is 2.23. The number of ketones is 1. The summed E-state index contributed by atoms with van der Waals surface area (Å²) in [5, 5.41) is 0. The number of rotatable bonds is 8. The first-order valence-electron chi connectivity index (χ1n) is 9.71. The summed E-state index contributed by atoms with van der Waals surface area (Å²) in [7, 11) is 0. The Bertz CT molecular complexity index is 567. The average Bonchev–Trinajstić information content (AvgIpc) is 2.62. The maximum Gasteiger partial charge on any atom is 0.159 e. The molecule has 2 heteroatoms. The van der Waals surface area contributed by atoms with Gasteiger partial charge in [0.25, 0.3) is 0 Å². The summed E-state index contributed by atoms with van der Waals surface area (Å²) in [5.41, 5.74) is 3.47. The molecule has 0 heterocycles. The van der Waals surface area contributed by atoms with Crippen LogP contribution in [0.4, 0.5) is 0 Å². The van der Waals surface area contributed by atoms with Gasteiger partial charge in [-0.05, 0) is 57.2 Å². The normalized spacial score (nSPS) is 11.3. The minimum Gasteiger partial charge on any atom is -0.367 e. The standard InChI is InChI=1S/C20H28O2.2C2H6/c1-14(2)11-15(3)16(4)13-22-20(6,7)19-10-8-9-18(12-19)17(5)21;2*1-2/h8-10,12,15H,1,4,11,13H2,2-3,5-7H3;2*1-2H3. The number of Topliss-reactive ketones (excluding diaryl/α,β-unsaturated/α-hetero) is 1. The number of benzene rings is 1. The molecule has 1 rings (SSSR count). The third kappa shape index (κ3) is 9.72. The van der Waals surface area contributed by atoms with E-state index in [0.29, 0.717) is 18.1 Å². The molecule has 0 aromatic heterocycles. The number of ether oxygens (including phenoxy) is 1. The zero-order chi connectivity index (χ0) is 20.9. The quantitative estimate of drug-likeness (QED) is 0.358. The van der Waals surface area contributed by atoms with Gasteiger partial charge in [0.15, 0.2) is 5.78 Å². The second kappa shape index (κ2) is 13.5. The topological polar surface area (TPSA) is 26.3 Å². The molecule has 0 saturated carbocycles. The molecule has 0 spiro atoms. The van der Waals surface area contributed by atoms with Crippen LogP contribution in [0.2, 0.25) is 0 Å². The number of carbonyl (C=O) groups is 1. The lowest BCUT2D eigenvalue weighted by Gasteiger charge is -2.28. The molecular weight excluding hydrogens is 320 g/mol. The molecule has 0 aliphatic rings. The summed E-state index contributed by atoms with van der Waals surface area (Å²) in [4.78, 5) is 11.5. The van der Waals surface area contributed by atoms with Gasteiger partial charge in [0.1, 0.15) is 0 Å². The lowest BCUT2D eigenvalue weighted by molar-refractivity contribution is -0.0108. The van der Waals surface area contributed by atoms with Gasteiger partial charge in [0.05, 0.1) is 12.2 Å². The first kappa shape index (κ1) is 26.6. The molecule has 1 atom stereocenters. The van der Waals surface area contributed by atoms with Crippen molar-refractivity contribution in [2.45, 2.75) is 74.3 Å². The highest BCUT2D eigenvalue weighted by atomic mass is 16.5. The van der Waals surface area contributed by atoms with Crippen LogP contribution in [0.25, 0.3) is 0 Å². The Hall–Kier alpha value is -1.67. The van der Waals surface area contributed by atoms with Gasteiger partial charge in [-0.15, -0.1) is 6.58 Å². The summed E-state index contributed by atoms with van der Waals surface area (Å²) >= 11 is 0. The molecule has 0 bridgehead atoms. The molecule has 1 aromatic carbocycles. The van der Waals surface area contributed by atoms with Crippen LogP contribution in [0.5, 0.6) is 0 Å². The Labute approximate surface area is 162 Å². The first-order chi connectivity index (χ1) is 12.1. The van der Waals surface area contributed by atoms with Crippen LogP contribution in [0, 0.1) is 5.92 Å². The molecule has 26 heavy (non-hydrogen) atoms. The maximum absolute atomic E-state index is 11.5. The Balaban J connectivity index is 0. The molecule has 0 aliphatic carbocycles. The van der Waals surface area contributed by atoms with E-state index in [1.165, 1.54) is 0 Å². The van der Waals surface area contributed by atoms with E-state index in [9.17, 15) is 4.79 Å². The average molecular weight is 361 g/mol. The van der Waals surface area contributed by atoms with E-state index in [2.05, 4.69) is 20.1 Å². The smallest absolute Gasteiger partial charge is 0.159 e. The summed E-state index contributed by atoms with van der Waals surface area (Å²) in [6, 6.07) is 7.63. The summed E-state index contributed by atoms with van der Waals surface area (Å²) < 4.78 is 6.07. The van der Waals surface area contributed by atoms with Gasteiger partial charge < -0.3 is 4.74 Å². The zero-order valence-electron chi connectivity index (χ0n) is 18.5. The van der Waals surface area contributed by atoms with Crippen LogP contribution < -0.4 is 0 Å². The third-order valence-electron chi connectivity index (χ3n) is 3.93. The minimum absolute atomic E-state index is 0.0668. The number of hydrogen-bond acceptors (Lipinski definition) is 2. The largest absolute Gasteiger partial charge is 0.367 e. The fourth-order valence-electron chi connectivity index (χ4n) is 2.28. The Morgan fingerprint density at radius 3 is 2.12 bits per heavy atom. The first-order valence-corrected chi connectivity index (χ1v) is 9.71. The highest BCUT2D eigenvalue weighted by Crippen LogP contribution is 2.27. The van der Waals surface area contributed by atoms with Crippen LogP contribution in [0.1, 0.15) is 84.7 Å². The van der Waals surface area contributed by atoms with Crippen molar-refractivity contribution in [3.05, 3.63) is 59.7 Å². The molecule has 1 unspecified atom stereocenters. The third-order valence-corrected chi connectivity index (χ3v) is 3.93. The summed E-state index contributed by atoms with van der Waals surface area (Å²) in [5.74, 6) is 0.425. The van der Waals surface area contributed by atoms with Gasteiger partial charge in [0.2, 0.25) is 0 Å². The predicted octanol–water partition coefficient (Wildman–Crippen LogP) is 7.35. The molecule has 0 amide bonds. The number of allylic oxidation sites excluding steroid dienone is 1. The van der Waals surface area contributed by atoms with E-state index in [-0.39, 0.29) is 5.78 Å². The van der Waals surface area contributed by atoms with Crippen molar-refractivity contribution in [3.63, 3.8) is 0 Å². The molecule has 0 aliphatic heterocycles. The Kier molecular flexibility index (Phi) is 13.8. The van der Waals surface area contributed by atoms with Gasteiger partial charge in [-0.25, -0.2) is 0 Å². The van der Waals surface area contributed by atoms with Crippen molar-refractivity contribution in [2.24, 2.45) is 5.92 Å². The van der Waals surface area contributed by atoms with Gasteiger partial charge in [-0.1, -0.05) is 65.0 Å². The molecule has 1 aromatic rings. The van der Waals surface area contributed by atoms with E-state index in [0.717, 1.165) is 23.1 Å². The molecule has 0 radical (unpaired) electrons. The lowest BCUT2D eigenvalue weighted by Crippen LogP contribution is -2.24. The van der Waals surface area contributed by atoms with Gasteiger partial charge in [-0.2, -0.15) is 0 Å². The van der Waals surface area contributed by atoms with Crippen molar-refractivity contribution >= 4 is 5.78 Å². The minimum atomic E-state index is -0.461. The zero-order valence-corrected chi connectivity index (χ0v) is 18.5. The van der Waals surface area contributed by atoms with Crippen molar-refractivity contribution < 1.29 is 9.53 Å². The van der Waals surface area contributed by atoms with E-state index in [1.807, 2.05) is 72.7 Å². The molecule has 0 N–H and O–H groups in total. The Morgan fingerprint density at radius 1 is 1.12 bits per heavy atom. The molecular formula is C24H40O2. The fourth-order valence-corrected chi connectivity index (χ4v) is 2.28. The predicted molar refractivity (Wildman–Crippen MR) is 116 cm³/mol.